The highest BCUT2D eigenvalue weighted by molar-refractivity contribution is 5.94. The Hall–Kier alpha value is -2.01. The highest BCUT2D eigenvalue weighted by Crippen LogP contribution is 2.37. The molecule has 0 unspecified atom stereocenters. The molecule has 0 spiro atoms. The van der Waals surface area contributed by atoms with Crippen LogP contribution < -0.4 is 14.8 Å². The van der Waals surface area contributed by atoms with E-state index in [1.54, 1.807) is 6.20 Å². The Balaban J connectivity index is 1.80. The van der Waals surface area contributed by atoms with Crippen molar-refractivity contribution in [2.24, 2.45) is 0 Å². The monoisotopic (exact) mass is 274 g/mol. The number of aromatic nitrogens is 1. The van der Waals surface area contributed by atoms with E-state index in [1.165, 1.54) is 0 Å². The second-order valence-corrected chi connectivity index (χ2v) is 4.93. The number of hydrogen-bond acceptors (Lipinski definition) is 5. The number of ether oxygens (including phenoxy) is 3. The molecule has 0 bridgehead atoms. The van der Waals surface area contributed by atoms with E-state index in [2.05, 4.69) is 10.3 Å². The van der Waals surface area contributed by atoms with Crippen molar-refractivity contribution in [3.05, 3.63) is 24.4 Å². The molecular weight excluding hydrogens is 256 g/mol. The lowest BCUT2D eigenvalue weighted by atomic mass is 10.1. The van der Waals surface area contributed by atoms with Crippen molar-refractivity contribution in [2.45, 2.75) is 20.0 Å². The number of anilines is 1. The summed E-state index contributed by atoms with van der Waals surface area (Å²) in [4.78, 5) is 4.39. The zero-order valence-corrected chi connectivity index (χ0v) is 11.7. The third kappa shape index (κ3) is 2.63. The standard InChI is InChI=1S/C15H18N2O3/c1-10(2)18-6-5-17-15-12-8-14-13(19-9-20-14)7-11(12)3-4-16-15/h3-4,7-8,10H,5-6,9H2,1-2H3,(H,16,17). The van der Waals surface area contributed by atoms with Crippen LogP contribution in [0.4, 0.5) is 5.82 Å². The molecule has 0 atom stereocenters. The first-order valence-corrected chi connectivity index (χ1v) is 6.78. The second-order valence-electron chi connectivity index (χ2n) is 4.93. The van der Waals surface area contributed by atoms with Gasteiger partial charge in [-0.1, -0.05) is 0 Å². The number of fused-ring (bicyclic) bond motifs is 2. The number of nitrogens with one attached hydrogen (secondary N) is 1. The fourth-order valence-corrected chi connectivity index (χ4v) is 2.17. The van der Waals surface area contributed by atoms with Crippen LogP contribution in [0.3, 0.4) is 0 Å². The van der Waals surface area contributed by atoms with Gasteiger partial charge in [0.05, 0.1) is 12.7 Å². The van der Waals surface area contributed by atoms with Crippen molar-refractivity contribution in [1.29, 1.82) is 0 Å². The molecule has 0 fully saturated rings. The van der Waals surface area contributed by atoms with E-state index in [0.29, 0.717) is 6.61 Å². The fourth-order valence-electron chi connectivity index (χ4n) is 2.17. The summed E-state index contributed by atoms with van der Waals surface area (Å²) in [7, 11) is 0. The van der Waals surface area contributed by atoms with Crippen LogP contribution in [-0.4, -0.2) is 31.0 Å². The van der Waals surface area contributed by atoms with Gasteiger partial charge in [0.2, 0.25) is 6.79 Å². The van der Waals surface area contributed by atoms with E-state index < -0.39 is 0 Å². The van der Waals surface area contributed by atoms with Gasteiger partial charge in [-0.05, 0) is 37.4 Å². The van der Waals surface area contributed by atoms with Gasteiger partial charge in [0.25, 0.3) is 0 Å². The molecule has 1 aromatic carbocycles. The number of nitrogens with zero attached hydrogens (tertiary/aromatic N) is 1. The van der Waals surface area contributed by atoms with Crippen LogP contribution >= 0.6 is 0 Å². The largest absolute Gasteiger partial charge is 0.454 e. The number of pyridine rings is 1. The van der Waals surface area contributed by atoms with Crippen LogP contribution in [0.15, 0.2) is 24.4 Å². The molecule has 1 N–H and O–H groups in total. The van der Waals surface area contributed by atoms with Crippen molar-refractivity contribution in [2.75, 3.05) is 25.3 Å². The molecule has 5 nitrogen and oxygen atoms in total. The van der Waals surface area contributed by atoms with Gasteiger partial charge in [0.15, 0.2) is 11.5 Å². The van der Waals surface area contributed by atoms with Gasteiger partial charge in [-0.2, -0.15) is 0 Å². The third-order valence-electron chi connectivity index (χ3n) is 3.10. The Bertz CT molecular complexity index is 613. The summed E-state index contributed by atoms with van der Waals surface area (Å²) in [5.74, 6) is 2.40. The van der Waals surface area contributed by atoms with E-state index in [1.807, 2.05) is 32.0 Å². The average molecular weight is 274 g/mol. The number of rotatable bonds is 5. The predicted octanol–water partition coefficient (Wildman–Crippen LogP) is 2.80. The van der Waals surface area contributed by atoms with E-state index >= 15 is 0 Å². The van der Waals surface area contributed by atoms with Gasteiger partial charge in [-0.25, -0.2) is 4.98 Å². The maximum Gasteiger partial charge on any atom is 0.231 e. The third-order valence-corrected chi connectivity index (χ3v) is 3.10. The Kier molecular flexibility index (Phi) is 3.60. The molecule has 3 rings (SSSR count). The average Bonchev–Trinajstić information content (AvgIpc) is 2.88. The summed E-state index contributed by atoms with van der Waals surface area (Å²) in [6, 6.07) is 5.92. The lowest BCUT2D eigenvalue weighted by Gasteiger charge is -2.11. The minimum Gasteiger partial charge on any atom is -0.454 e. The minimum absolute atomic E-state index is 0.242. The Morgan fingerprint density at radius 2 is 2.10 bits per heavy atom. The van der Waals surface area contributed by atoms with E-state index in [4.69, 9.17) is 14.2 Å². The van der Waals surface area contributed by atoms with Crippen LogP contribution in [-0.2, 0) is 4.74 Å². The topological polar surface area (TPSA) is 52.6 Å². The quantitative estimate of drug-likeness (QED) is 0.850. The summed E-state index contributed by atoms with van der Waals surface area (Å²) < 4.78 is 16.3. The maximum absolute atomic E-state index is 5.51. The molecule has 0 saturated heterocycles. The molecular formula is C15H18N2O3. The predicted molar refractivity (Wildman–Crippen MR) is 77.4 cm³/mol. The van der Waals surface area contributed by atoms with Gasteiger partial charge >= 0.3 is 0 Å². The molecule has 1 aromatic heterocycles. The molecule has 5 heteroatoms. The highest BCUT2D eigenvalue weighted by Gasteiger charge is 2.15. The van der Waals surface area contributed by atoms with Crippen LogP contribution in [0.2, 0.25) is 0 Å². The second kappa shape index (κ2) is 5.54. The Morgan fingerprint density at radius 1 is 1.30 bits per heavy atom. The first-order valence-electron chi connectivity index (χ1n) is 6.78. The molecule has 1 aliphatic heterocycles. The number of hydrogen-bond donors (Lipinski definition) is 1. The lowest BCUT2D eigenvalue weighted by Crippen LogP contribution is -2.13. The zero-order chi connectivity index (χ0) is 13.9. The summed E-state index contributed by atoms with van der Waals surface area (Å²) in [6.45, 7) is 5.71. The summed E-state index contributed by atoms with van der Waals surface area (Å²) in [5, 5.41) is 5.41. The number of benzene rings is 1. The van der Waals surface area contributed by atoms with Gasteiger partial charge < -0.3 is 19.5 Å². The highest BCUT2D eigenvalue weighted by atomic mass is 16.7. The van der Waals surface area contributed by atoms with Crippen LogP contribution in [0.1, 0.15) is 13.8 Å². The molecule has 1 aliphatic rings. The van der Waals surface area contributed by atoms with Crippen molar-refractivity contribution >= 4 is 16.6 Å². The molecule has 106 valence electrons. The van der Waals surface area contributed by atoms with E-state index in [-0.39, 0.29) is 12.9 Å². The molecule has 0 saturated carbocycles. The summed E-state index contributed by atoms with van der Waals surface area (Å²) in [5.41, 5.74) is 0. The molecule has 0 aliphatic carbocycles. The van der Waals surface area contributed by atoms with Gasteiger partial charge in [0.1, 0.15) is 5.82 Å². The maximum atomic E-state index is 5.51. The molecule has 0 radical (unpaired) electrons. The van der Waals surface area contributed by atoms with E-state index in [9.17, 15) is 0 Å². The van der Waals surface area contributed by atoms with Crippen molar-refractivity contribution < 1.29 is 14.2 Å². The molecule has 0 amide bonds. The van der Waals surface area contributed by atoms with Crippen LogP contribution in [0.5, 0.6) is 11.5 Å². The van der Waals surface area contributed by atoms with Gasteiger partial charge in [-0.15, -0.1) is 0 Å². The normalized spacial score (nSPS) is 13.2. The lowest BCUT2D eigenvalue weighted by molar-refractivity contribution is 0.0870. The Labute approximate surface area is 117 Å². The molecule has 2 heterocycles. The van der Waals surface area contributed by atoms with Crippen molar-refractivity contribution in [1.82, 2.24) is 4.98 Å². The SMILES string of the molecule is CC(C)OCCNc1nccc2cc3c(cc12)OCO3. The van der Waals surface area contributed by atoms with Crippen molar-refractivity contribution in [3.8, 4) is 11.5 Å². The molecule has 20 heavy (non-hydrogen) atoms. The minimum atomic E-state index is 0.242. The first-order chi connectivity index (χ1) is 9.74. The first kappa shape index (κ1) is 13.0. The molecule has 2 aromatic rings. The van der Waals surface area contributed by atoms with Crippen LogP contribution in [0.25, 0.3) is 10.8 Å². The van der Waals surface area contributed by atoms with Gasteiger partial charge in [-0.3, -0.25) is 0 Å². The summed E-state index contributed by atoms with van der Waals surface area (Å²) in [6.07, 6.45) is 2.03. The van der Waals surface area contributed by atoms with E-state index in [0.717, 1.165) is 34.6 Å². The fraction of sp³-hybridized carbons (Fsp3) is 0.400. The van der Waals surface area contributed by atoms with Crippen LogP contribution in [0, 0.1) is 0 Å². The zero-order valence-electron chi connectivity index (χ0n) is 11.7. The smallest absolute Gasteiger partial charge is 0.231 e. The Morgan fingerprint density at radius 3 is 2.90 bits per heavy atom. The van der Waals surface area contributed by atoms with Gasteiger partial charge in [0, 0.05) is 18.1 Å². The summed E-state index contributed by atoms with van der Waals surface area (Å²) >= 11 is 0. The van der Waals surface area contributed by atoms with Crippen molar-refractivity contribution in [3.63, 3.8) is 0 Å².